The second kappa shape index (κ2) is 4.28. The van der Waals surface area contributed by atoms with E-state index in [0.717, 1.165) is 24.3 Å². The van der Waals surface area contributed by atoms with Crippen LogP contribution in [0.15, 0.2) is 24.3 Å². The number of carbonyl (C=O) groups is 1. The largest absolute Gasteiger partial charge is 0.497 e. The lowest BCUT2D eigenvalue weighted by atomic mass is 9.76. The first kappa shape index (κ1) is 13.8. The fourth-order valence-electron chi connectivity index (χ4n) is 5.84. The van der Waals surface area contributed by atoms with Crippen LogP contribution < -0.4 is 9.64 Å². The van der Waals surface area contributed by atoms with Crippen molar-refractivity contribution in [3.63, 3.8) is 0 Å². The van der Waals surface area contributed by atoms with Gasteiger partial charge in [0.25, 0.3) is 0 Å². The fourth-order valence-corrected chi connectivity index (χ4v) is 5.84. The Bertz CT molecular complexity index is 674. The van der Waals surface area contributed by atoms with E-state index in [2.05, 4.69) is 6.92 Å². The molecule has 0 unspecified atom stereocenters. The van der Waals surface area contributed by atoms with Crippen LogP contribution in [0.4, 0.5) is 5.69 Å². The van der Waals surface area contributed by atoms with Crippen molar-refractivity contribution in [3.05, 3.63) is 24.3 Å². The highest BCUT2D eigenvalue weighted by atomic mass is 16.6. The van der Waals surface area contributed by atoms with E-state index in [1.54, 1.807) is 7.11 Å². The van der Waals surface area contributed by atoms with Crippen LogP contribution in [0.25, 0.3) is 0 Å². The number of fused-ring (bicyclic) bond motifs is 2. The highest BCUT2D eigenvalue weighted by Crippen LogP contribution is 2.68. The number of carbonyl (C=O) groups excluding carboxylic acids is 1. The van der Waals surface area contributed by atoms with Gasteiger partial charge in [0.1, 0.15) is 5.75 Å². The number of hydrogen-bond donors (Lipinski definition) is 1. The van der Waals surface area contributed by atoms with E-state index in [1.807, 2.05) is 29.2 Å². The molecular weight excluding hydrogens is 294 g/mol. The van der Waals surface area contributed by atoms with Crippen LogP contribution in [-0.2, 0) is 9.53 Å². The average molecular weight is 315 g/mol. The Kier molecular flexibility index (Phi) is 2.57. The highest BCUT2D eigenvalue weighted by Gasteiger charge is 2.77. The van der Waals surface area contributed by atoms with Crippen molar-refractivity contribution in [1.29, 1.82) is 0 Å². The number of rotatable bonds is 3. The topological polar surface area (TPSA) is 59.0 Å². The van der Waals surface area contributed by atoms with Crippen molar-refractivity contribution in [2.24, 2.45) is 23.7 Å². The number of aliphatic hydroxyl groups is 1. The summed E-state index contributed by atoms with van der Waals surface area (Å²) in [5, 5.41) is 10.5. The third-order valence-electron chi connectivity index (χ3n) is 6.63. The summed E-state index contributed by atoms with van der Waals surface area (Å²) in [5.74, 6) is 1.42. The summed E-state index contributed by atoms with van der Waals surface area (Å²) in [7, 11) is 1.63. The normalized spacial score (nSPS) is 46.0. The summed E-state index contributed by atoms with van der Waals surface area (Å²) in [6.07, 6.45) is 1.11. The zero-order valence-electron chi connectivity index (χ0n) is 13.3. The van der Waals surface area contributed by atoms with E-state index >= 15 is 0 Å². The van der Waals surface area contributed by atoms with E-state index < -0.39 is 11.8 Å². The van der Waals surface area contributed by atoms with Crippen molar-refractivity contribution in [1.82, 2.24) is 0 Å². The lowest BCUT2D eigenvalue weighted by Gasteiger charge is -2.38. The number of hydrogen-bond acceptors (Lipinski definition) is 4. The molecule has 7 atom stereocenters. The Labute approximate surface area is 135 Å². The molecular formula is C18H21NO4. The zero-order chi connectivity index (χ0) is 15.9. The van der Waals surface area contributed by atoms with Crippen LogP contribution in [0, 0.1) is 23.7 Å². The van der Waals surface area contributed by atoms with Gasteiger partial charge in [-0.1, -0.05) is 6.92 Å². The molecule has 5 rings (SSSR count). The molecule has 1 aromatic carbocycles. The molecule has 2 saturated heterocycles. The van der Waals surface area contributed by atoms with E-state index in [1.165, 1.54) is 0 Å². The van der Waals surface area contributed by atoms with Gasteiger partial charge in [-0.3, -0.25) is 9.69 Å². The van der Waals surface area contributed by atoms with Crippen molar-refractivity contribution >= 4 is 11.6 Å². The molecule has 5 nitrogen and oxygen atoms in total. The maximum atomic E-state index is 13.2. The quantitative estimate of drug-likeness (QED) is 0.924. The third kappa shape index (κ3) is 1.40. The highest BCUT2D eigenvalue weighted by molar-refractivity contribution is 6.00. The molecule has 2 heterocycles. The van der Waals surface area contributed by atoms with Gasteiger partial charge in [0.05, 0.1) is 25.2 Å². The molecule has 2 bridgehead atoms. The number of aliphatic hydroxyl groups excluding tert-OH is 1. The standard InChI is InChI=1S/C18H21NO4/c1-3-18-14-12-8-11(15(20)16(12)23-18)13(14)17(21)19(18)9-4-6-10(22-2)7-5-9/h4-7,11-16,20H,3,8H2,1-2H3/t11-,12-,13-,14+,15+,16-,18-/m0/s1. The van der Waals surface area contributed by atoms with Gasteiger partial charge in [-0.05, 0) is 48.9 Å². The van der Waals surface area contributed by atoms with Gasteiger partial charge in [0.15, 0.2) is 5.72 Å². The van der Waals surface area contributed by atoms with Crippen LogP contribution in [0.1, 0.15) is 19.8 Å². The Morgan fingerprint density at radius 1 is 1.35 bits per heavy atom. The minimum atomic E-state index is -0.585. The molecule has 0 radical (unpaired) electrons. The molecule has 2 aliphatic heterocycles. The van der Waals surface area contributed by atoms with Crippen molar-refractivity contribution < 1.29 is 19.4 Å². The fraction of sp³-hybridized carbons (Fsp3) is 0.611. The predicted molar refractivity (Wildman–Crippen MR) is 83.0 cm³/mol. The number of amides is 1. The van der Waals surface area contributed by atoms with Gasteiger partial charge < -0.3 is 14.6 Å². The Balaban J connectivity index is 1.62. The smallest absolute Gasteiger partial charge is 0.233 e. The summed E-state index contributed by atoms with van der Waals surface area (Å²) in [5.41, 5.74) is 0.277. The maximum absolute atomic E-state index is 13.2. The number of anilines is 1. The van der Waals surface area contributed by atoms with Gasteiger partial charge in [-0.25, -0.2) is 0 Å². The minimum Gasteiger partial charge on any atom is -0.497 e. The Morgan fingerprint density at radius 2 is 2.09 bits per heavy atom. The van der Waals surface area contributed by atoms with Crippen LogP contribution in [0.2, 0.25) is 0 Å². The number of benzene rings is 1. The van der Waals surface area contributed by atoms with Gasteiger partial charge in [0, 0.05) is 11.6 Å². The Hall–Kier alpha value is -1.59. The molecule has 0 aromatic heterocycles. The molecule has 1 aromatic rings. The second-order valence-electron chi connectivity index (χ2n) is 7.26. The number of ether oxygens (including phenoxy) is 2. The molecule has 0 spiro atoms. The van der Waals surface area contributed by atoms with Crippen molar-refractivity contribution in [3.8, 4) is 5.75 Å². The molecule has 2 aliphatic carbocycles. The monoisotopic (exact) mass is 315 g/mol. The van der Waals surface area contributed by atoms with E-state index in [-0.39, 0.29) is 29.8 Å². The number of nitrogens with zero attached hydrogens (tertiary/aromatic N) is 1. The average Bonchev–Trinajstić information content (AvgIpc) is 3.23. The van der Waals surface area contributed by atoms with E-state index in [9.17, 15) is 9.90 Å². The van der Waals surface area contributed by atoms with Gasteiger partial charge >= 0.3 is 0 Å². The molecule has 4 aliphatic rings. The van der Waals surface area contributed by atoms with Crippen LogP contribution in [0.3, 0.4) is 0 Å². The van der Waals surface area contributed by atoms with Crippen molar-refractivity contribution in [2.75, 3.05) is 12.0 Å². The summed E-state index contributed by atoms with van der Waals surface area (Å²) >= 11 is 0. The lowest BCUT2D eigenvalue weighted by Crippen LogP contribution is -2.50. The maximum Gasteiger partial charge on any atom is 0.233 e. The minimum absolute atomic E-state index is 0.0687. The summed E-state index contributed by atoms with van der Waals surface area (Å²) < 4.78 is 11.6. The molecule has 2 saturated carbocycles. The van der Waals surface area contributed by atoms with Crippen LogP contribution >= 0.6 is 0 Å². The summed E-state index contributed by atoms with van der Waals surface area (Å²) in [6.45, 7) is 2.08. The number of methoxy groups -OCH3 is 1. The van der Waals surface area contributed by atoms with Crippen LogP contribution in [0.5, 0.6) is 5.75 Å². The molecule has 1 N–H and O–H groups in total. The van der Waals surface area contributed by atoms with Gasteiger partial charge in [0.2, 0.25) is 5.91 Å². The van der Waals surface area contributed by atoms with Gasteiger partial charge in [-0.2, -0.15) is 0 Å². The van der Waals surface area contributed by atoms with Crippen molar-refractivity contribution in [2.45, 2.75) is 37.7 Å². The molecule has 1 amide bonds. The molecule has 122 valence electrons. The summed E-state index contributed by atoms with van der Waals surface area (Å²) in [4.78, 5) is 15.0. The van der Waals surface area contributed by atoms with Crippen LogP contribution in [-0.4, -0.2) is 36.1 Å². The first-order valence-corrected chi connectivity index (χ1v) is 8.46. The Morgan fingerprint density at radius 3 is 2.74 bits per heavy atom. The second-order valence-corrected chi connectivity index (χ2v) is 7.26. The lowest BCUT2D eigenvalue weighted by molar-refractivity contribution is -0.133. The first-order chi connectivity index (χ1) is 11.1. The molecule has 5 heteroatoms. The zero-order valence-corrected chi connectivity index (χ0v) is 13.3. The predicted octanol–water partition coefficient (Wildman–Crippen LogP) is 1.79. The molecule has 4 fully saturated rings. The SMILES string of the molecule is CC[C@]12O[C@@H]3[C@H](O)[C@H]4C[C@H]3[C@@H]1[C@H]4C(=O)N2c1ccc(OC)cc1. The van der Waals surface area contributed by atoms with E-state index in [0.29, 0.717) is 5.92 Å². The first-order valence-electron chi connectivity index (χ1n) is 8.46. The third-order valence-corrected chi connectivity index (χ3v) is 6.63. The summed E-state index contributed by atoms with van der Waals surface area (Å²) in [6, 6.07) is 7.60. The van der Waals surface area contributed by atoms with Gasteiger partial charge in [-0.15, -0.1) is 0 Å². The molecule has 23 heavy (non-hydrogen) atoms. The van der Waals surface area contributed by atoms with E-state index in [4.69, 9.17) is 9.47 Å².